The summed E-state index contributed by atoms with van der Waals surface area (Å²) >= 11 is 0. The standard InChI is InChI=1S/C17H24N2O5S/c1-12-6-8-14(9-7-12)25(23,24)19-10-4-5-13(11-19)15(20)18-17(2,3)16(21)22/h6-9,13H,4-5,10-11H2,1-3H3,(H,18,20)(H,21,22). The van der Waals surface area contributed by atoms with E-state index in [9.17, 15) is 18.0 Å². The van der Waals surface area contributed by atoms with E-state index >= 15 is 0 Å². The third kappa shape index (κ3) is 4.38. The number of carbonyl (C=O) groups excluding carboxylic acids is 1. The van der Waals surface area contributed by atoms with E-state index in [1.165, 1.54) is 18.2 Å². The number of carboxylic acid groups (broad SMARTS) is 1. The topological polar surface area (TPSA) is 104 Å². The largest absolute Gasteiger partial charge is 0.480 e. The molecule has 1 atom stereocenters. The van der Waals surface area contributed by atoms with E-state index in [-0.39, 0.29) is 11.4 Å². The number of nitrogens with zero attached hydrogens (tertiary/aromatic N) is 1. The van der Waals surface area contributed by atoms with Gasteiger partial charge >= 0.3 is 5.97 Å². The Bertz CT molecular complexity index is 756. The number of rotatable bonds is 5. The molecule has 1 aromatic rings. The molecule has 7 nitrogen and oxygen atoms in total. The van der Waals surface area contributed by atoms with Crippen LogP contribution in [0.2, 0.25) is 0 Å². The van der Waals surface area contributed by atoms with Gasteiger partial charge < -0.3 is 10.4 Å². The van der Waals surface area contributed by atoms with Gasteiger partial charge in [-0.2, -0.15) is 4.31 Å². The van der Waals surface area contributed by atoms with Crippen molar-refractivity contribution in [3.63, 3.8) is 0 Å². The number of aliphatic carboxylic acids is 1. The molecule has 0 spiro atoms. The van der Waals surface area contributed by atoms with Crippen LogP contribution in [0.25, 0.3) is 0 Å². The third-order valence-corrected chi connectivity index (χ3v) is 6.26. The lowest BCUT2D eigenvalue weighted by atomic mass is 9.96. The van der Waals surface area contributed by atoms with Crippen LogP contribution in [0.1, 0.15) is 32.3 Å². The van der Waals surface area contributed by atoms with Crippen molar-refractivity contribution in [3.8, 4) is 0 Å². The van der Waals surface area contributed by atoms with Crippen LogP contribution in [-0.2, 0) is 19.6 Å². The molecular weight excluding hydrogens is 344 g/mol. The van der Waals surface area contributed by atoms with E-state index in [0.717, 1.165) is 5.56 Å². The molecule has 2 rings (SSSR count). The molecule has 1 unspecified atom stereocenters. The van der Waals surface area contributed by atoms with Crippen LogP contribution in [0.5, 0.6) is 0 Å². The molecule has 0 aromatic heterocycles. The highest BCUT2D eigenvalue weighted by Crippen LogP contribution is 2.24. The van der Waals surface area contributed by atoms with E-state index < -0.39 is 33.4 Å². The number of benzene rings is 1. The van der Waals surface area contributed by atoms with Gasteiger partial charge in [0, 0.05) is 13.1 Å². The minimum atomic E-state index is -3.67. The maximum atomic E-state index is 12.8. The summed E-state index contributed by atoms with van der Waals surface area (Å²) in [6, 6.07) is 6.58. The second kappa shape index (κ2) is 7.13. The molecular formula is C17H24N2O5S. The number of carbonyl (C=O) groups is 2. The summed E-state index contributed by atoms with van der Waals surface area (Å²) in [7, 11) is -3.67. The number of hydrogen-bond acceptors (Lipinski definition) is 4. The Kier molecular flexibility index (Phi) is 5.53. The van der Waals surface area contributed by atoms with Gasteiger partial charge in [-0.3, -0.25) is 4.79 Å². The first-order chi connectivity index (χ1) is 11.5. The van der Waals surface area contributed by atoms with Crippen LogP contribution >= 0.6 is 0 Å². The van der Waals surface area contributed by atoms with E-state index in [1.54, 1.807) is 24.3 Å². The molecule has 0 saturated carbocycles. The second-order valence-corrected chi connectivity index (χ2v) is 8.87. The number of aryl methyl sites for hydroxylation is 1. The molecule has 1 aliphatic rings. The predicted octanol–water partition coefficient (Wildman–Crippen LogP) is 1.38. The van der Waals surface area contributed by atoms with Crippen LogP contribution in [0.15, 0.2) is 29.2 Å². The van der Waals surface area contributed by atoms with Crippen LogP contribution in [-0.4, -0.2) is 48.3 Å². The summed E-state index contributed by atoms with van der Waals surface area (Å²) in [6.07, 6.45) is 1.08. The lowest BCUT2D eigenvalue weighted by Crippen LogP contribution is -2.54. The highest BCUT2D eigenvalue weighted by Gasteiger charge is 2.36. The highest BCUT2D eigenvalue weighted by atomic mass is 32.2. The lowest BCUT2D eigenvalue weighted by molar-refractivity contribution is -0.146. The number of carboxylic acids is 1. The zero-order valence-electron chi connectivity index (χ0n) is 14.7. The van der Waals surface area contributed by atoms with Gasteiger partial charge in [-0.25, -0.2) is 13.2 Å². The average molecular weight is 368 g/mol. The van der Waals surface area contributed by atoms with E-state index in [1.807, 2.05) is 6.92 Å². The van der Waals surface area contributed by atoms with Crippen molar-refractivity contribution in [2.45, 2.75) is 44.0 Å². The number of nitrogens with one attached hydrogen (secondary N) is 1. The molecule has 1 fully saturated rings. The predicted molar refractivity (Wildman–Crippen MR) is 92.5 cm³/mol. The molecule has 1 saturated heterocycles. The SMILES string of the molecule is Cc1ccc(S(=O)(=O)N2CCCC(C(=O)NC(C)(C)C(=O)O)C2)cc1. The van der Waals surface area contributed by atoms with Crippen LogP contribution in [0.4, 0.5) is 0 Å². The number of hydrogen-bond donors (Lipinski definition) is 2. The van der Waals surface area contributed by atoms with Crippen molar-refractivity contribution < 1.29 is 23.1 Å². The molecule has 138 valence electrons. The molecule has 1 aromatic carbocycles. The Morgan fingerprint density at radius 3 is 2.40 bits per heavy atom. The van der Waals surface area contributed by atoms with Crippen molar-refractivity contribution in [2.24, 2.45) is 5.92 Å². The zero-order valence-corrected chi connectivity index (χ0v) is 15.5. The average Bonchev–Trinajstić information content (AvgIpc) is 2.55. The summed E-state index contributed by atoms with van der Waals surface area (Å²) in [5, 5.41) is 11.6. The van der Waals surface area contributed by atoms with Crippen molar-refractivity contribution in [3.05, 3.63) is 29.8 Å². The Morgan fingerprint density at radius 2 is 1.84 bits per heavy atom. The Morgan fingerprint density at radius 1 is 1.24 bits per heavy atom. The second-order valence-electron chi connectivity index (χ2n) is 6.93. The van der Waals surface area contributed by atoms with Crippen LogP contribution in [0.3, 0.4) is 0 Å². The van der Waals surface area contributed by atoms with E-state index in [0.29, 0.717) is 19.4 Å². The molecule has 8 heteroatoms. The first-order valence-electron chi connectivity index (χ1n) is 8.16. The smallest absolute Gasteiger partial charge is 0.328 e. The van der Waals surface area contributed by atoms with Crippen molar-refractivity contribution in [1.29, 1.82) is 0 Å². The van der Waals surface area contributed by atoms with E-state index in [2.05, 4.69) is 5.32 Å². The third-order valence-electron chi connectivity index (χ3n) is 4.38. The molecule has 25 heavy (non-hydrogen) atoms. The van der Waals surface area contributed by atoms with Gasteiger partial charge in [-0.15, -0.1) is 0 Å². The van der Waals surface area contributed by atoms with Gasteiger partial charge in [0.1, 0.15) is 5.54 Å². The maximum absolute atomic E-state index is 12.8. The van der Waals surface area contributed by atoms with Gasteiger partial charge in [0.05, 0.1) is 10.8 Å². The Balaban J connectivity index is 2.13. The quantitative estimate of drug-likeness (QED) is 0.817. The minimum Gasteiger partial charge on any atom is -0.480 e. The summed E-state index contributed by atoms with van der Waals surface area (Å²) in [4.78, 5) is 23.7. The van der Waals surface area contributed by atoms with Crippen LogP contribution < -0.4 is 5.32 Å². The zero-order chi connectivity index (χ0) is 18.8. The van der Waals surface area contributed by atoms with Crippen molar-refractivity contribution in [2.75, 3.05) is 13.1 Å². The van der Waals surface area contributed by atoms with Gasteiger partial charge in [-0.05, 0) is 45.7 Å². The number of piperidine rings is 1. The normalized spacial score (nSPS) is 19.4. The first kappa shape index (κ1) is 19.4. The van der Waals surface area contributed by atoms with Crippen molar-refractivity contribution >= 4 is 21.9 Å². The summed E-state index contributed by atoms with van der Waals surface area (Å²) in [6.45, 7) is 5.08. The van der Waals surface area contributed by atoms with E-state index in [4.69, 9.17) is 5.11 Å². The molecule has 2 N–H and O–H groups in total. The molecule has 1 heterocycles. The monoisotopic (exact) mass is 368 g/mol. The first-order valence-corrected chi connectivity index (χ1v) is 9.60. The molecule has 1 amide bonds. The summed E-state index contributed by atoms with van der Waals surface area (Å²) in [5.74, 6) is -2.13. The fourth-order valence-corrected chi connectivity index (χ4v) is 4.22. The Labute approximate surface area is 148 Å². The van der Waals surface area contributed by atoms with Gasteiger partial charge in [0.25, 0.3) is 0 Å². The fourth-order valence-electron chi connectivity index (χ4n) is 2.70. The molecule has 0 bridgehead atoms. The Hall–Kier alpha value is -1.93. The van der Waals surface area contributed by atoms with Gasteiger partial charge in [-0.1, -0.05) is 17.7 Å². The summed E-state index contributed by atoms with van der Waals surface area (Å²) in [5.41, 5.74) is -0.430. The van der Waals surface area contributed by atoms with Crippen LogP contribution in [0, 0.1) is 12.8 Å². The maximum Gasteiger partial charge on any atom is 0.328 e. The number of sulfonamides is 1. The molecule has 1 aliphatic heterocycles. The summed E-state index contributed by atoms with van der Waals surface area (Å²) < 4.78 is 26.8. The minimum absolute atomic E-state index is 0.0533. The van der Waals surface area contributed by atoms with Gasteiger partial charge in [0.15, 0.2) is 0 Å². The highest BCUT2D eigenvalue weighted by molar-refractivity contribution is 7.89. The lowest BCUT2D eigenvalue weighted by Gasteiger charge is -2.33. The number of amides is 1. The fraction of sp³-hybridized carbons (Fsp3) is 0.529. The molecule has 0 radical (unpaired) electrons. The van der Waals surface area contributed by atoms with Gasteiger partial charge in [0.2, 0.25) is 15.9 Å². The van der Waals surface area contributed by atoms with Crippen molar-refractivity contribution in [1.82, 2.24) is 9.62 Å². The molecule has 0 aliphatic carbocycles.